The summed E-state index contributed by atoms with van der Waals surface area (Å²) in [6.45, 7) is 3.44. The molecule has 6 aromatic carbocycles. The number of fused-ring (bicyclic) bond motifs is 2. The summed E-state index contributed by atoms with van der Waals surface area (Å²) in [5, 5.41) is 64.1. The first-order chi connectivity index (χ1) is 31.6. The van der Waals surface area contributed by atoms with Gasteiger partial charge in [-0.3, -0.25) is 10.1 Å². The van der Waals surface area contributed by atoms with E-state index in [9.17, 15) is 41.6 Å². The molecule has 31 heteroatoms. The SMILES string of the molecule is Cc1cc(Nc2nc(NCCO)nc(Nc3ccc(N=Nc4cc(SOO[O-])c5cccc(S(=O)(=O)[O-])c5c4)c(C)c3)n2)ccc1N=Nc1cc(S(=O)(=O)[O-])c2cccc(SOO[O-])c2c1.[Na+].[Na+].[Na+].[Na+]. The normalized spacial score (nSPS) is 11.5. The topological polar surface area (TPSA) is 342 Å². The van der Waals surface area contributed by atoms with E-state index in [1.807, 2.05) is 0 Å². The van der Waals surface area contributed by atoms with Gasteiger partial charge in [-0.15, -0.1) is 0 Å². The van der Waals surface area contributed by atoms with Crippen molar-refractivity contribution in [3.63, 3.8) is 0 Å². The number of anilines is 5. The van der Waals surface area contributed by atoms with E-state index in [1.54, 1.807) is 50.2 Å². The molecule has 23 nitrogen and oxygen atoms in total. The van der Waals surface area contributed by atoms with Gasteiger partial charge in [0.05, 0.1) is 63.2 Å². The first-order valence-corrected chi connectivity index (χ1v) is 22.9. The number of aliphatic hydroxyl groups excluding tert-OH is 1. The van der Waals surface area contributed by atoms with E-state index in [0.29, 0.717) is 63.3 Å². The van der Waals surface area contributed by atoms with Crippen LogP contribution in [-0.2, 0) is 39.0 Å². The fraction of sp³-hybridized carbons (Fsp3) is 0.103. The molecule has 0 saturated heterocycles. The Morgan fingerprint density at radius 2 is 1.07 bits per heavy atom. The third-order valence-electron chi connectivity index (χ3n) is 9.13. The average Bonchev–Trinajstić information content (AvgIpc) is 3.27. The van der Waals surface area contributed by atoms with Gasteiger partial charge in [0, 0.05) is 43.9 Å². The molecule has 0 spiro atoms. The number of azo groups is 2. The molecule has 4 N–H and O–H groups in total. The summed E-state index contributed by atoms with van der Waals surface area (Å²) >= 11 is 1.03. The van der Waals surface area contributed by atoms with E-state index in [0.717, 1.165) is 12.1 Å². The molecule has 0 aliphatic carbocycles. The molecule has 70 heavy (non-hydrogen) atoms. The maximum absolute atomic E-state index is 12.2. The van der Waals surface area contributed by atoms with Gasteiger partial charge in [0.1, 0.15) is 20.2 Å². The van der Waals surface area contributed by atoms with Crippen LogP contribution < -0.4 is 145 Å². The van der Waals surface area contributed by atoms with Crippen molar-refractivity contribution in [2.75, 3.05) is 29.1 Å². The Kier molecular flexibility index (Phi) is 25.1. The van der Waals surface area contributed by atoms with Crippen molar-refractivity contribution in [3.8, 4) is 0 Å². The Hall–Kier alpha value is -2.31. The zero-order chi connectivity index (χ0) is 47.0. The van der Waals surface area contributed by atoms with Crippen molar-refractivity contribution in [1.29, 1.82) is 0 Å². The van der Waals surface area contributed by atoms with Crippen molar-refractivity contribution in [2.45, 2.75) is 33.4 Å². The molecule has 7 aromatic rings. The van der Waals surface area contributed by atoms with Crippen LogP contribution in [0.2, 0.25) is 0 Å². The van der Waals surface area contributed by atoms with Crippen LogP contribution in [0.3, 0.4) is 0 Å². The van der Waals surface area contributed by atoms with E-state index in [-0.39, 0.29) is 187 Å². The molecular formula is C39H30N10Na4O13S4. The van der Waals surface area contributed by atoms with Gasteiger partial charge in [-0.05, 0) is 103 Å². The monoisotopic (exact) mass is 1070 g/mol. The van der Waals surface area contributed by atoms with Crippen molar-refractivity contribution >= 4 is 118 Å². The summed E-state index contributed by atoms with van der Waals surface area (Å²) in [7, 11) is -9.84. The summed E-state index contributed by atoms with van der Waals surface area (Å²) < 4.78 is 81.4. The quantitative estimate of drug-likeness (QED) is 0.0147. The first kappa shape index (κ1) is 62.0. The smallest absolute Gasteiger partial charge is 0.744 e. The summed E-state index contributed by atoms with van der Waals surface area (Å²) in [4.78, 5) is 12.8. The van der Waals surface area contributed by atoms with Crippen LogP contribution in [0.25, 0.3) is 21.5 Å². The van der Waals surface area contributed by atoms with Crippen LogP contribution in [0.4, 0.5) is 52.0 Å². The second-order valence-corrected chi connectivity index (χ2v) is 17.7. The molecular weight excluding hydrogens is 1040 g/mol. The predicted octanol–water partition coefficient (Wildman–Crippen LogP) is -5.20. The number of benzene rings is 6. The molecule has 1 heterocycles. The van der Waals surface area contributed by atoms with Crippen LogP contribution in [0.5, 0.6) is 0 Å². The van der Waals surface area contributed by atoms with Crippen LogP contribution >= 0.6 is 24.1 Å². The van der Waals surface area contributed by atoms with Gasteiger partial charge >= 0.3 is 118 Å². The molecule has 0 saturated carbocycles. The molecule has 0 aliphatic heterocycles. The zero-order valence-corrected chi connectivity index (χ0v) is 49.0. The number of rotatable bonds is 19. The van der Waals surface area contributed by atoms with Gasteiger partial charge in [0.2, 0.25) is 17.8 Å². The Morgan fingerprint density at radius 3 is 1.60 bits per heavy atom. The van der Waals surface area contributed by atoms with E-state index < -0.39 is 30.0 Å². The number of nitrogens with zero attached hydrogens (tertiary/aromatic N) is 7. The second-order valence-electron chi connectivity index (χ2n) is 13.5. The van der Waals surface area contributed by atoms with Gasteiger partial charge in [0.15, 0.2) is 0 Å². The third kappa shape index (κ3) is 16.3. The van der Waals surface area contributed by atoms with Crippen molar-refractivity contribution in [2.24, 2.45) is 20.5 Å². The zero-order valence-electron chi connectivity index (χ0n) is 37.8. The summed E-state index contributed by atoms with van der Waals surface area (Å²) in [5.74, 6) is 0.353. The number of aromatic nitrogens is 3. The molecule has 0 aliphatic rings. The van der Waals surface area contributed by atoms with Crippen molar-refractivity contribution in [1.82, 2.24) is 15.0 Å². The number of nitrogens with one attached hydrogen (secondary N) is 3. The molecule has 0 radical (unpaired) electrons. The summed E-state index contributed by atoms with van der Waals surface area (Å²) in [6, 6.07) is 24.0. The third-order valence-corrected chi connectivity index (χ3v) is 12.2. The molecule has 0 atom stereocenters. The Labute approximate surface area is 496 Å². The first-order valence-electron chi connectivity index (χ1n) is 18.6. The van der Waals surface area contributed by atoms with Gasteiger partial charge in [-0.2, -0.15) is 44.1 Å². The molecule has 0 bridgehead atoms. The number of aliphatic hydroxyl groups is 1. The maximum Gasteiger partial charge on any atom is 1.00 e. The van der Waals surface area contributed by atoms with E-state index in [2.05, 4.69) is 70.1 Å². The van der Waals surface area contributed by atoms with Crippen molar-refractivity contribution < 1.29 is 179 Å². The summed E-state index contributed by atoms with van der Waals surface area (Å²) in [5.41, 5.74) is 3.33. The van der Waals surface area contributed by atoms with Gasteiger partial charge in [0.25, 0.3) is 0 Å². The fourth-order valence-electron chi connectivity index (χ4n) is 6.31. The second kappa shape index (κ2) is 28.4. The minimum absolute atomic E-state index is 0. The Bertz CT molecular complexity index is 3260. The standard InChI is InChI=1S/C39H34N10O13S4.4Na/c1-21-15-23(9-11-31(21)48-46-25-18-30-27(34(19-25)64-62-60-52)5-4-8-35(30)65(53,54)55)41-38-43-37(40-13-14-50)44-39(45-38)42-24-10-12-32(22(2)16-24)49-47-26-17-29-28(36(20-26)66(56,57)58)6-3-7-33(29)63-61-59-51;;;;/h3-12,15-20,50-52H,13-14H2,1-2H3,(H,53,54,55)(H,56,57,58)(H3,40,41,42,43,44,45);;;;/q;4*+1/p-4. The van der Waals surface area contributed by atoms with E-state index in [4.69, 9.17) is 0 Å². The van der Waals surface area contributed by atoms with Crippen LogP contribution in [-0.4, -0.2) is 59.2 Å². The number of aryl methyl sites for hydroxylation is 2. The molecule has 7 rings (SSSR count). The number of hydrogen-bond donors (Lipinski definition) is 4. The Morgan fingerprint density at radius 1 is 0.571 bits per heavy atom. The van der Waals surface area contributed by atoms with Gasteiger partial charge in [-0.1, -0.05) is 24.3 Å². The van der Waals surface area contributed by atoms with E-state index >= 15 is 0 Å². The molecule has 0 amide bonds. The molecule has 1 aromatic heterocycles. The fourth-order valence-corrected chi connectivity index (χ4v) is 8.74. The van der Waals surface area contributed by atoms with Gasteiger partial charge in [-0.25, -0.2) is 16.8 Å². The van der Waals surface area contributed by atoms with Crippen LogP contribution in [0, 0.1) is 13.8 Å². The van der Waals surface area contributed by atoms with Crippen LogP contribution in [0.1, 0.15) is 11.1 Å². The summed E-state index contributed by atoms with van der Waals surface area (Å²) in [6.07, 6.45) is 0. The molecule has 0 fully saturated rings. The maximum atomic E-state index is 12.2. The average molecular weight is 1070 g/mol. The minimum Gasteiger partial charge on any atom is -0.744 e. The molecule has 0 unspecified atom stereocenters. The number of hydrogen-bond acceptors (Lipinski definition) is 25. The van der Waals surface area contributed by atoms with Gasteiger partial charge < -0.3 is 40.7 Å². The van der Waals surface area contributed by atoms with E-state index in [1.165, 1.54) is 48.5 Å². The molecule has 342 valence electrons. The largest absolute Gasteiger partial charge is 1.00 e. The Balaban J connectivity index is 0.00000324. The minimum atomic E-state index is -4.95. The van der Waals surface area contributed by atoms with Crippen LogP contribution in [0.15, 0.2) is 137 Å². The van der Waals surface area contributed by atoms with Crippen molar-refractivity contribution in [3.05, 3.63) is 108 Å². The predicted molar refractivity (Wildman–Crippen MR) is 233 cm³/mol.